The third-order valence-corrected chi connectivity index (χ3v) is 5.76. The Hall–Kier alpha value is -2.42. The molecular formula is C20H21ClN4O3S. The van der Waals surface area contributed by atoms with Crippen molar-refractivity contribution in [1.29, 1.82) is 0 Å². The van der Waals surface area contributed by atoms with E-state index in [4.69, 9.17) is 20.9 Å². The number of carbonyl (C=O) groups excluding carboxylic acids is 1. The van der Waals surface area contributed by atoms with Crippen LogP contribution in [0, 0.1) is 0 Å². The number of thiophene rings is 1. The summed E-state index contributed by atoms with van der Waals surface area (Å²) in [5, 5.41) is 6.67. The smallest absolute Gasteiger partial charge is 0.268 e. The van der Waals surface area contributed by atoms with Crippen molar-refractivity contribution in [2.75, 3.05) is 32.8 Å². The van der Waals surface area contributed by atoms with Gasteiger partial charge < -0.3 is 14.2 Å². The molecule has 0 aliphatic carbocycles. The van der Waals surface area contributed by atoms with Gasteiger partial charge in [0.15, 0.2) is 5.82 Å². The highest BCUT2D eigenvalue weighted by Gasteiger charge is 2.22. The zero-order valence-electron chi connectivity index (χ0n) is 15.8. The highest BCUT2D eigenvalue weighted by Crippen LogP contribution is 2.23. The van der Waals surface area contributed by atoms with Crippen LogP contribution in [0.3, 0.4) is 0 Å². The van der Waals surface area contributed by atoms with Crippen molar-refractivity contribution < 1.29 is 14.1 Å². The molecule has 1 aromatic carbocycles. The second kappa shape index (κ2) is 9.39. The molecule has 2 aromatic heterocycles. The molecule has 29 heavy (non-hydrogen) atoms. The lowest BCUT2D eigenvalue weighted by Gasteiger charge is -2.34. The quantitative estimate of drug-likeness (QED) is 0.568. The number of carbonyl (C=O) groups is 1. The van der Waals surface area contributed by atoms with E-state index in [9.17, 15) is 4.79 Å². The molecular weight excluding hydrogens is 412 g/mol. The number of amides is 1. The van der Waals surface area contributed by atoms with Crippen LogP contribution in [0.15, 0.2) is 46.3 Å². The number of rotatable bonds is 7. The maximum absolute atomic E-state index is 12.4. The lowest BCUT2D eigenvalue weighted by Crippen LogP contribution is -2.48. The third kappa shape index (κ3) is 5.35. The van der Waals surface area contributed by atoms with E-state index in [0.29, 0.717) is 55.1 Å². The van der Waals surface area contributed by atoms with E-state index in [2.05, 4.69) is 15.0 Å². The van der Waals surface area contributed by atoms with Crippen molar-refractivity contribution in [3.8, 4) is 16.5 Å². The summed E-state index contributed by atoms with van der Waals surface area (Å²) in [4.78, 5) is 22.0. The van der Waals surface area contributed by atoms with Crippen LogP contribution in [0.25, 0.3) is 10.8 Å². The number of halogens is 1. The summed E-state index contributed by atoms with van der Waals surface area (Å²) in [6.45, 7) is 3.90. The predicted octanol–water partition coefficient (Wildman–Crippen LogP) is 3.56. The summed E-state index contributed by atoms with van der Waals surface area (Å²) >= 11 is 7.51. The second-order valence-electron chi connectivity index (χ2n) is 6.71. The molecule has 1 amide bonds. The molecule has 1 saturated heterocycles. The van der Waals surface area contributed by atoms with Crippen molar-refractivity contribution in [3.63, 3.8) is 0 Å². The normalized spacial score (nSPS) is 14.9. The molecule has 0 unspecified atom stereocenters. The minimum absolute atomic E-state index is 0.103. The maximum Gasteiger partial charge on any atom is 0.268 e. The minimum atomic E-state index is 0.103. The van der Waals surface area contributed by atoms with E-state index in [0.717, 1.165) is 18.0 Å². The molecule has 3 heterocycles. The number of nitrogens with zero attached hydrogens (tertiary/aromatic N) is 4. The van der Waals surface area contributed by atoms with Crippen LogP contribution in [0.4, 0.5) is 0 Å². The average molecular weight is 433 g/mol. The first kappa shape index (κ1) is 19.9. The molecule has 0 saturated carbocycles. The van der Waals surface area contributed by atoms with Crippen LogP contribution in [-0.2, 0) is 11.3 Å². The SMILES string of the molecule is O=C(CCOc1cccc(Cl)c1)N1CCN(Cc2noc(-c3cccs3)n2)CC1. The third-order valence-electron chi connectivity index (χ3n) is 4.67. The Kier molecular flexibility index (Phi) is 6.43. The van der Waals surface area contributed by atoms with Crippen LogP contribution >= 0.6 is 22.9 Å². The molecule has 0 radical (unpaired) electrons. The molecule has 1 aliphatic heterocycles. The van der Waals surface area contributed by atoms with Crippen LogP contribution < -0.4 is 4.74 Å². The molecule has 152 valence electrons. The van der Waals surface area contributed by atoms with Gasteiger partial charge in [0, 0.05) is 31.2 Å². The van der Waals surface area contributed by atoms with Gasteiger partial charge >= 0.3 is 0 Å². The molecule has 7 nitrogen and oxygen atoms in total. The van der Waals surface area contributed by atoms with Crippen molar-refractivity contribution in [3.05, 3.63) is 52.6 Å². The number of piperazine rings is 1. The van der Waals surface area contributed by atoms with Crippen molar-refractivity contribution >= 4 is 28.8 Å². The van der Waals surface area contributed by atoms with Gasteiger partial charge in [-0.25, -0.2) is 0 Å². The molecule has 0 N–H and O–H groups in total. The molecule has 0 bridgehead atoms. The average Bonchev–Trinajstić information content (AvgIpc) is 3.40. The topological polar surface area (TPSA) is 71.7 Å². The van der Waals surface area contributed by atoms with Gasteiger partial charge in [-0.2, -0.15) is 4.98 Å². The summed E-state index contributed by atoms with van der Waals surface area (Å²) in [7, 11) is 0. The Morgan fingerprint density at radius 1 is 1.21 bits per heavy atom. The zero-order chi connectivity index (χ0) is 20.1. The summed E-state index contributed by atoms with van der Waals surface area (Å²) in [6, 6.07) is 11.1. The van der Waals surface area contributed by atoms with Gasteiger partial charge in [-0.3, -0.25) is 9.69 Å². The first-order valence-electron chi connectivity index (χ1n) is 9.42. The molecule has 0 atom stereocenters. The highest BCUT2D eigenvalue weighted by molar-refractivity contribution is 7.13. The van der Waals surface area contributed by atoms with Gasteiger partial charge in [0.2, 0.25) is 5.91 Å². The summed E-state index contributed by atoms with van der Waals surface area (Å²) in [5.74, 6) is 2.01. The number of ether oxygens (including phenoxy) is 1. The monoisotopic (exact) mass is 432 g/mol. The Balaban J connectivity index is 1.19. The number of hydrogen-bond acceptors (Lipinski definition) is 7. The largest absolute Gasteiger partial charge is 0.493 e. The highest BCUT2D eigenvalue weighted by atomic mass is 35.5. The van der Waals surface area contributed by atoms with E-state index < -0.39 is 0 Å². The minimum Gasteiger partial charge on any atom is -0.493 e. The van der Waals surface area contributed by atoms with Crippen molar-refractivity contribution in [1.82, 2.24) is 19.9 Å². The molecule has 3 aromatic rings. The molecule has 4 rings (SSSR count). The van der Waals surface area contributed by atoms with Gasteiger partial charge in [-0.1, -0.05) is 28.9 Å². The summed E-state index contributed by atoms with van der Waals surface area (Å²) in [6.07, 6.45) is 0.349. The van der Waals surface area contributed by atoms with E-state index in [1.54, 1.807) is 23.5 Å². The fraction of sp³-hybridized carbons (Fsp3) is 0.350. The Bertz CT molecular complexity index is 939. The molecule has 1 fully saturated rings. The molecule has 0 spiro atoms. The van der Waals surface area contributed by atoms with Crippen molar-refractivity contribution in [2.45, 2.75) is 13.0 Å². The lowest BCUT2D eigenvalue weighted by atomic mass is 10.2. The van der Waals surface area contributed by atoms with E-state index in [-0.39, 0.29) is 5.91 Å². The van der Waals surface area contributed by atoms with Crippen molar-refractivity contribution in [2.24, 2.45) is 0 Å². The van der Waals surface area contributed by atoms with Gasteiger partial charge in [-0.05, 0) is 29.6 Å². The fourth-order valence-corrected chi connectivity index (χ4v) is 3.97. The standard InChI is InChI=1S/C20H21ClN4O3S/c21-15-3-1-4-16(13-15)27-11-6-19(26)25-9-7-24(8-10-25)14-18-22-20(28-23-18)17-5-2-12-29-17/h1-5,12-13H,6-11,14H2. The number of hydrogen-bond donors (Lipinski definition) is 0. The van der Waals surface area contributed by atoms with E-state index in [1.165, 1.54) is 0 Å². The first-order valence-corrected chi connectivity index (χ1v) is 10.7. The van der Waals surface area contributed by atoms with Crippen LogP contribution in [-0.4, -0.2) is 58.6 Å². The van der Waals surface area contributed by atoms with Gasteiger partial charge in [0.1, 0.15) is 5.75 Å². The Morgan fingerprint density at radius 3 is 2.83 bits per heavy atom. The number of benzene rings is 1. The van der Waals surface area contributed by atoms with Gasteiger partial charge in [0.25, 0.3) is 5.89 Å². The summed E-state index contributed by atoms with van der Waals surface area (Å²) < 4.78 is 10.9. The fourth-order valence-electron chi connectivity index (χ4n) is 3.14. The van der Waals surface area contributed by atoms with E-state index in [1.807, 2.05) is 34.5 Å². The van der Waals surface area contributed by atoms with Crippen LogP contribution in [0.1, 0.15) is 12.2 Å². The maximum atomic E-state index is 12.4. The first-order chi connectivity index (χ1) is 14.2. The lowest BCUT2D eigenvalue weighted by molar-refractivity contribution is -0.133. The Morgan fingerprint density at radius 2 is 2.07 bits per heavy atom. The predicted molar refractivity (Wildman–Crippen MR) is 111 cm³/mol. The second-order valence-corrected chi connectivity index (χ2v) is 8.09. The van der Waals surface area contributed by atoms with Crippen LogP contribution in [0.5, 0.6) is 5.75 Å². The van der Waals surface area contributed by atoms with Crippen LogP contribution in [0.2, 0.25) is 5.02 Å². The van der Waals surface area contributed by atoms with E-state index >= 15 is 0 Å². The zero-order valence-corrected chi connectivity index (χ0v) is 17.4. The summed E-state index contributed by atoms with van der Waals surface area (Å²) in [5.41, 5.74) is 0. The van der Waals surface area contributed by atoms with Gasteiger partial charge in [0.05, 0.1) is 24.4 Å². The Labute approximate surface area is 177 Å². The van der Waals surface area contributed by atoms with Gasteiger partial charge in [-0.15, -0.1) is 11.3 Å². The molecule has 9 heteroatoms. The number of aromatic nitrogens is 2. The molecule has 1 aliphatic rings.